The lowest BCUT2D eigenvalue weighted by atomic mass is 10.2. The molecular weight excluding hydrogens is 368 g/mol. The van der Waals surface area contributed by atoms with Gasteiger partial charge in [0.2, 0.25) is 0 Å². The molecule has 0 aliphatic heterocycles. The molecule has 1 aromatic carbocycles. The highest BCUT2D eigenvalue weighted by Gasteiger charge is 2.02. The van der Waals surface area contributed by atoms with E-state index in [1.165, 1.54) is 0 Å². The van der Waals surface area contributed by atoms with E-state index in [4.69, 9.17) is 9.47 Å². The van der Waals surface area contributed by atoms with Crippen molar-refractivity contribution in [2.24, 2.45) is 4.99 Å². The highest BCUT2D eigenvalue weighted by molar-refractivity contribution is 5.79. The van der Waals surface area contributed by atoms with Gasteiger partial charge in [-0.3, -0.25) is 4.57 Å². The Morgan fingerprint density at radius 1 is 1.10 bits per heavy atom. The molecule has 8 heteroatoms. The van der Waals surface area contributed by atoms with Gasteiger partial charge >= 0.3 is 0 Å². The van der Waals surface area contributed by atoms with Crippen molar-refractivity contribution >= 4 is 5.96 Å². The van der Waals surface area contributed by atoms with Gasteiger partial charge in [0.25, 0.3) is 0 Å². The maximum Gasteiger partial charge on any atom is 0.191 e. The van der Waals surface area contributed by atoms with Crippen LogP contribution in [0.5, 0.6) is 11.5 Å². The summed E-state index contributed by atoms with van der Waals surface area (Å²) in [6, 6.07) is 11.5. The number of aromatic nitrogens is 3. The van der Waals surface area contributed by atoms with E-state index in [0.29, 0.717) is 19.7 Å². The monoisotopic (exact) mass is 394 g/mol. The molecule has 0 radical (unpaired) electrons. The van der Waals surface area contributed by atoms with E-state index in [2.05, 4.69) is 25.6 Å². The van der Waals surface area contributed by atoms with E-state index in [-0.39, 0.29) is 0 Å². The Morgan fingerprint density at radius 3 is 2.66 bits per heavy atom. The minimum atomic E-state index is 0.525. The zero-order valence-electron chi connectivity index (χ0n) is 16.7. The minimum absolute atomic E-state index is 0.525. The molecule has 0 atom stereocenters. The van der Waals surface area contributed by atoms with Gasteiger partial charge in [-0.2, -0.15) is 0 Å². The maximum atomic E-state index is 5.74. The van der Waals surface area contributed by atoms with Crippen LogP contribution in [0.1, 0.15) is 12.5 Å². The fourth-order valence-corrected chi connectivity index (χ4v) is 2.62. The fraction of sp³-hybridized carbons (Fsp3) is 0.286. The Bertz CT molecular complexity index is 894. The van der Waals surface area contributed by atoms with Crippen LogP contribution in [0.2, 0.25) is 0 Å². The van der Waals surface area contributed by atoms with Crippen molar-refractivity contribution in [3.8, 4) is 17.3 Å². The van der Waals surface area contributed by atoms with Gasteiger partial charge in [0.05, 0.1) is 20.2 Å². The molecule has 0 saturated heterocycles. The summed E-state index contributed by atoms with van der Waals surface area (Å²) >= 11 is 0. The van der Waals surface area contributed by atoms with Crippen LogP contribution in [0.15, 0.2) is 66.3 Å². The molecule has 0 aliphatic rings. The molecule has 3 rings (SSSR count). The Morgan fingerprint density at radius 2 is 1.93 bits per heavy atom. The quantitative estimate of drug-likeness (QED) is 0.329. The second kappa shape index (κ2) is 10.7. The number of hydrogen-bond donors (Lipinski definition) is 2. The summed E-state index contributed by atoms with van der Waals surface area (Å²) < 4.78 is 12.7. The predicted octanol–water partition coefficient (Wildman–Crippen LogP) is 2.41. The first-order valence-electron chi connectivity index (χ1n) is 9.51. The van der Waals surface area contributed by atoms with Crippen molar-refractivity contribution in [2.75, 3.05) is 26.8 Å². The molecule has 0 amide bonds. The number of benzene rings is 1. The molecule has 0 fully saturated rings. The third-order valence-electron chi connectivity index (χ3n) is 4.07. The molecule has 2 aromatic heterocycles. The summed E-state index contributed by atoms with van der Waals surface area (Å²) in [5.74, 6) is 3.18. The highest BCUT2D eigenvalue weighted by Crippen LogP contribution is 2.16. The number of ether oxygens (including phenoxy) is 2. The van der Waals surface area contributed by atoms with E-state index in [9.17, 15) is 0 Å². The second-order valence-electron chi connectivity index (χ2n) is 6.14. The van der Waals surface area contributed by atoms with E-state index >= 15 is 0 Å². The topological polar surface area (TPSA) is 85.6 Å². The smallest absolute Gasteiger partial charge is 0.191 e. The van der Waals surface area contributed by atoms with Crippen LogP contribution in [-0.2, 0) is 6.54 Å². The van der Waals surface area contributed by atoms with Gasteiger partial charge in [-0.05, 0) is 48.9 Å². The zero-order valence-corrected chi connectivity index (χ0v) is 16.7. The largest absolute Gasteiger partial charge is 0.497 e. The van der Waals surface area contributed by atoms with E-state index in [1.807, 2.05) is 54.1 Å². The molecular formula is C21H26N6O2. The van der Waals surface area contributed by atoms with Crippen LogP contribution in [-0.4, -0.2) is 47.3 Å². The number of methoxy groups -OCH3 is 1. The van der Waals surface area contributed by atoms with Crippen LogP contribution in [0.3, 0.4) is 0 Å². The van der Waals surface area contributed by atoms with Crippen LogP contribution >= 0.6 is 0 Å². The van der Waals surface area contributed by atoms with Crippen molar-refractivity contribution in [2.45, 2.75) is 13.5 Å². The highest BCUT2D eigenvalue weighted by atomic mass is 16.5. The number of guanidine groups is 1. The Kier molecular flexibility index (Phi) is 7.45. The predicted molar refractivity (Wildman–Crippen MR) is 113 cm³/mol. The molecule has 0 spiro atoms. The first-order valence-corrected chi connectivity index (χ1v) is 9.51. The molecule has 8 nitrogen and oxygen atoms in total. The Hall–Kier alpha value is -3.55. The number of hydrogen-bond acceptors (Lipinski definition) is 5. The number of pyridine rings is 1. The lowest BCUT2D eigenvalue weighted by molar-refractivity contribution is 0.321. The molecule has 152 valence electrons. The van der Waals surface area contributed by atoms with Crippen LogP contribution in [0.4, 0.5) is 0 Å². The average Bonchev–Trinajstić information content (AvgIpc) is 3.30. The number of rotatable bonds is 9. The number of nitrogens with one attached hydrogen (secondary N) is 2. The van der Waals surface area contributed by atoms with Crippen LogP contribution in [0.25, 0.3) is 5.82 Å². The summed E-state index contributed by atoms with van der Waals surface area (Å²) in [5, 5.41) is 6.53. The first-order chi connectivity index (χ1) is 14.3. The molecule has 0 unspecified atom stereocenters. The first kappa shape index (κ1) is 20.2. The second-order valence-corrected chi connectivity index (χ2v) is 6.14. The Balaban J connectivity index is 1.51. The number of aliphatic imine (C=N–C) groups is 1. The van der Waals surface area contributed by atoms with E-state index in [0.717, 1.165) is 35.4 Å². The maximum absolute atomic E-state index is 5.74. The van der Waals surface area contributed by atoms with E-state index in [1.54, 1.807) is 25.8 Å². The molecule has 0 saturated carbocycles. The third-order valence-corrected chi connectivity index (χ3v) is 4.07. The van der Waals surface area contributed by atoms with E-state index < -0.39 is 0 Å². The zero-order chi connectivity index (χ0) is 20.3. The van der Waals surface area contributed by atoms with Gasteiger partial charge in [0, 0.05) is 25.1 Å². The van der Waals surface area contributed by atoms with Gasteiger partial charge in [-0.1, -0.05) is 0 Å². The summed E-state index contributed by atoms with van der Waals surface area (Å²) in [6.07, 6.45) is 7.10. The summed E-state index contributed by atoms with van der Waals surface area (Å²) in [7, 11) is 1.64. The third kappa shape index (κ3) is 6.24. The minimum Gasteiger partial charge on any atom is -0.497 e. The molecule has 0 bridgehead atoms. The summed E-state index contributed by atoms with van der Waals surface area (Å²) in [6.45, 7) is 4.51. The summed E-state index contributed by atoms with van der Waals surface area (Å²) in [4.78, 5) is 13.1. The van der Waals surface area contributed by atoms with Gasteiger partial charge < -0.3 is 20.1 Å². The van der Waals surface area contributed by atoms with Gasteiger partial charge in [-0.15, -0.1) is 0 Å². The van der Waals surface area contributed by atoms with Crippen molar-refractivity contribution < 1.29 is 9.47 Å². The van der Waals surface area contributed by atoms with Gasteiger partial charge in [0.15, 0.2) is 5.96 Å². The molecule has 3 aromatic rings. The van der Waals surface area contributed by atoms with Gasteiger partial charge in [0.1, 0.15) is 30.3 Å². The molecule has 2 heterocycles. The van der Waals surface area contributed by atoms with Crippen molar-refractivity contribution in [1.82, 2.24) is 25.2 Å². The van der Waals surface area contributed by atoms with Crippen molar-refractivity contribution in [3.05, 3.63) is 66.9 Å². The fourth-order valence-electron chi connectivity index (χ4n) is 2.62. The Labute approximate surface area is 170 Å². The standard InChI is InChI=1S/C21H26N6O2/c1-3-23-21(25-11-13-29-19-6-4-18(28-2)5-7-19)26-15-17-8-9-24-20(14-17)27-12-10-22-16-27/h4-10,12,14,16H,3,11,13,15H2,1-2H3,(H2,23,25,26). The van der Waals surface area contributed by atoms with Crippen LogP contribution in [0, 0.1) is 0 Å². The molecule has 0 aliphatic carbocycles. The molecule has 29 heavy (non-hydrogen) atoms. The van der Waals surface area contributed by atoms with Gasteiger partial charge in [-0.25, -0.2) is 15.0 Å². The lowest BCUT2D eigenvalue weighted by Crippen LogP contribution is -2.39. The average molecular weight is 394 g/mol. The lowest BCUT2D eigenvalue weighted by Gasteiger charge is -2.12. The number of nitrogens with zero attached hydrogens (tertiary/aromatic N) is 4. The molecule has 2 N–H and O–H groups in total. The normalized spacial score (nSPS) is 11.2. The SMILES string of the molecule is CCNC(=NCc1ccnc(-n2ccnc2)c1)NCCOc1ccc(OC)cc1. The van der Waals surface area contributed by atoms with Crippen LogP contribution < -0.4 is 20.1 Å². The van der Waals surface area contributed by atoms with Crippen molar-refractivity contribution in [1.29, 1.82) is 0 Å². The van der Waals surface area contributed by atoms with Crippen molar-refractivity contribution in [3.63, 3.8) is 0 Å². The summed E-state index contributed by atoms with van der Waals surface area (Å²) in [5.41, 5.74) is 1.07. The number of imidazole rings is 1.